The molecule has 6 heteroatoms. The Balaban J connectivity index is 2.29. The molecule has 0 aliphatic heterocycles. The molecule has 0 aromatic carbocycles. The van der Waals surface area contributed by atoms with Gasteiger partial charge < -0.3 is 14.6 Å². The van der Waals surface area contributed by atoms with Crippen LogP contribution in [0.3, 0.4) is 0 Å². The zero-order chi connectivity index (χ0) is 23.3. The first-order valence-corrected chi connectivity index (χ1v) is 10.8. The van der Waals surface area contributed by atoms with Crippen LogP contribution in [-0.4, -0.2) is 45.6 Å². The van der Waals surface area contributed by atoms with E-state index in [9.17, 15) is 14.7 Å². The standard InChI is InChI=1S/C24H39NO5/c1-14(19(26)29-21(2,3)4)11-16(20(27)30-22(5,6)7)25-18-13-15-12-17(23(15,8)9)24(18,10)28/h15-17,28H,1,11-13H2,2-10H3/t15-,16+,17-,24-/m1/s1. The van der Waals surface area contributed by atoms with Gasteiger partial charge in [0.15, 0.2) is 6.04 Å². The molecule has 3 rings (SSSR count). The summed E-state index contributed by atoms with van der Waals surface area (Å²) in [6, 6.07) is -0.952. The Morgan fingerprint density at radius 1 is 1.13 bits per heavy atom. The van der Waals surface area contributed by atoms with Gasteiger partial charge in [-0.05, 0) is 78.6 Å². The number of carbonyl (C=O) groups excluding carboxylic acids is 2. The summed E-state index contributed by atoms with van der Waals surface area (Å²) in [5, 5.41) is 11.2. The Hall–Kier alpha value is -1.69. The lowest BCUT2D eigenvalue weighted by Crippen LogP contribution is -2.65. The lowest BCUT2D eigenvalue weighted by Gasteiger charge is -2.62. The molecule has 0 saturated heterocycles. The van der Waals surface area contributed by atoms with E-state index in [-0.39, 0.29) is 23.3 Å². The highest BCUT2D eigenvalue weighted by atomic mass is 16.6. The number of aliphatic imine (C=N–C) groups is 1. The zero-order valence-corrected chi connectivity index (χ0v) is 20.1. The monoisotopic (exact) mass is 421 g/mol. The minimum Gasteiger partial charge on any atom is -0.458 e. The van der Waals surface area contributed by atoms with Gasteiger partial charge in [0.05, 0.1) is 0 Å². The summed E-state index contributed by atoms with van der Waals surface area (Å²) < 4.78 is 10.9. The van der Waals surface area contributed by atoms with Crippen molar-refractivity contribution in [3.8, 4) is 0 Å². The molecular formula is C24H39NO5. The molecule has 3 aliphatic carbocycles. The van der Waals surface area contributed by atoms with Gasteiger partial charge in [0.1, 0.15) is 16.8 Å². The lowest BCUT2D eigenvalue weighted by atomic mass is 9.44. The van der Waals surface area contributed by atoms with Crippen molar-refractivity contribution in [3.63, 3.8) is 0 Å². The minimum atomic E-state index is -1.09. The highest BCUT2D eigenvalue weighted by Crippen LogP contribution is 2.61. The van der Waals surface area contributed by atoms with Crippen molar-refractivity contribution in [1.29, 1.82) is 0 Å². The second kappa shape index (κ2) is 7.77. The first kappa shape index (κ1) is 24.6. The van der Waals surface area contributed by atoms with Crippen LogP contribution in [0.25, 0.3) is 0 Å². The van der Waals surface area contributed by atoms with Crippen molar-refractivity contribution in [3.05, 3.63) is 12.2 Å². The molecule has 3 saturated carbocycles. The third-order valence-corrected chi connectivity index (χ3v) is 6.29. The third-order valence-electron chi connectivity index (χ3n) is 6.29. The molecular weight excluding hydrogens is 382 g/mol. The molecule has 0 heterocycles. The molecule has 0 spiro atoms. The van der Waals surface area contributed by atoms with E-state index in [1.165, 1.54) is 0 Å². The van der Waals surface area contributed by atoms with Gasteiger partial charge in [0.25, 0.3) is 0 Å². The molecule has 0 unspecified atom stereocenters. The number of ether oxygens (including phenoxy) is 2. The highest BCUT2D eigenvalue weighted by molar-refractivity contribution is 5.97. The van der Waals surface area contributed by atoms with Crippen LogP contribution in [0, 0.1) is 17.3 Å². The quantitative estimate of drug-likeness (QED) is 0.530. The molecule has 3 aliphatic rings. The lowest BCUT2D eigenvalue weighted by molar-refractivity contribution is -0.156. The number of esters is 2. The molecule has 30 heavy (non-hydrogen) atoms. The molecule has 170 valence electrons. The summed E-state index contributed by atoms with van der Waals surface area (Å²) >= 11 is 0. The van der Waals surface area contributed by atoms with Gasteiger partial charge in [0.2, 0.25) is 0 Å². The van der Waals surface area contributed by atoms with Gasteiger partial charge in [0, 0.05) is 17.7 Å². The second-order valence-electron chi connectivity index (χ2n) is 11.6. The SMILES string of the molecule is C=C(C[C@H](N=C1C[C@H]2C[C@H](C2(C)C)[C@@]1(C)O)C(=O)OC(C)(C)C)C(=O)OC(C)(C)C. The maximum Gasteiger partial charge on any atom is 0.334 e. The van der Waals surface area contributed by atoms with Crippen LogP contribution in [0.2, 0.25) is 0 Å². The number of nitrogens with zero attached hydrogens (tertiary/aromatic N) is 1. The maximum atomic E-state index is 12.9. The van der Waals surface area contributed by atoms with Crippen molar-refractivity contribution >= 4 is 17.7 Å². The number of hydrogen-bond donors (Lipinski definition) is 1. The Morgan fingerprint density at radius 2 is 1.67 bits per heavy atom. The van der Waals surface area contributed by atoms with Gasteiger partial charge in [-0.1, -0.05) is 20.4 Å². The number of carbonyl (C=O) groups is 2. The first-order valence-electron chi connectivity index (χ1n) is 10.8. The molecule has 0 radical (unpaired) electrons. The van der Waals surface area contributed by atoms with Gasteiger partial charge in [-0.2, -0.15) is 0 Å². The molecule has 3 fully saturated rings. The fraction of sp³-hybridized carbons (Fsp3) is 0.792. The van der Waals surface area contributed by atoms with Crippen LogP contribution in [-0.2, 0) is 19.1 Å². The minimum absolute atomic E-state index is 0.0118. The number of aliphatic hydroxyl groups is 1. The molecule has 0 amide bonds. The first-order chi connectivity index (χ1) is 13.3. The molecule has 0 aromatic rings. The average molecular weight is 422 g/mol. The summed E-state index contributed by atoms with van der Waals surface area (Å²) in [7, 11) is 0. The van der Waals surface area contributed by atoms with E-state index in [0.717, 1.165) is 6.42 Å². The van der Waals surface area contributed by atoms with Crippen LogP contribution in [0.1, 0.15) is 81.6 Å². The smallest absolute Gasteiger partial charge is 0.334 e. The summed E-state index contributed by atoms with van der Waals surface area (Å²) in [5.74, 6) is -0.574. The normalized spacial score (nSPS) is 30.3. The van der Waals surface area contributed by atoms with Gasteiger partial charge in [-0.15, -0.1) is 0 Å². The van der Waals surface area contributed by atoms with Gasteiger partial charge in [-0.3, -0.25) is 4.99 Å². The Bertz CT molecular complexity index is 749. The topological polar surface area (TPSA) is 85.2 Å². The zero-order valence-electron chi connectivity index (χ0n) is 20.1. The molecule has 6 nitrogen and oxygen atoms in total. The number of fused-ring (bicyclic) bond motifs is 2. The van der Waals surface area contributed by atoms with E-state index in [4.69, 9.17) is 9.47 Å². The average Bonchev–Trinajstić information content (AvgIpc) is 2.51. The predicted molar refractivity (Wildman–Crippen MR) is 117 cm³/mol. The fourth-order valence-electron chi connectivity index (χ4n) is 4.55. The van der Waals surface area contributed by atoms with E-state index in [2.05, 4.69) is 25.4 Å². The summed E-state index contributed by atoms with van der Waals surface area (Å²) in [6.07, 6.45) is 1.58. The fourth-order valence-corrected chi connectivity index (χ4v) is 4.55. The Labute approximate surface area is 181 Å². The predicted octanol–water partition coefficient (Wildman–Crippen LogP) is 4.24. The van der Waals surface area contributed by atoms with E-state index in [1.54, 1.807) is 48.5 Å². The van der Waals surface area contributed by atoms with Crippen molar-refractivity contribution in [2.75, 3.05) is 0 Å². The molecule has 4 atom stereocenters. The van der Waals surface area contributed by atoms with Crippen molar-refractivity contribution in [2.45, 2.75) is 104 Å². The number of rotatable bonds is 5. The van der Waals surface area contributed by atoms with E-state index in [1.807, 2.05) is 0 Å². The second-order valence-corrected chi connectivity index (χ2v) is 11.6. The Kier molecular flexibility index (Phi) is 6.37. The van der Waals surface area contributed by atoms with Crippen LogP contribution < -0.4 is 0 Å². The highest BCUT2D eigenvalue weighted by Gasteiger charge is 2.61. The largest absolute Gasteiger partial charge is 0.458 e. The van der Waals surface area contributed by atoms with Crippen molar-refractivity contribution in [1.82, 2.24) is 0 Å². The summed E-state index contributed by atoms with van der Waals surface area (Å²) in [4.78, 5) is 30.0. The van der Waals surface area contributed by atoms with Crippen LogP contribution in [0.5, 0.6) is 0 Å². The number of hydrogen-bond acceptors (Lipinski definition) is 6. The van der Waals surface area contributed by atoms with Crippen LogP contribution in [0.15, 0.2) is 17.1 Å². The molecule has 2 bridgehead atoms. The summed E-state index contributed by atoms with van der Waals surface area (Å²) in [6.45, 7) is 20.6. The van der Waals surface area contributed by atoms with E-state index < -0.39 is 34.8 Å². The van der Waals surface area contributed by atoms with E-state index in [0.29, 0.717) is 18.1 Å². The maximum absolute atomic E-state index is 12.9. The van der Waals surface area contributed by atoms with E-state index >= 15 is 0 Å². The Morgan fingerprint density at radius 3 is 2.10 bits per heavy atom. The van der Waals surface area contributed by atoms with Crippen molar-refractivity contribution in [2.24, 2.45) is 22.2 Å². The summed E-state index contributed by atoms with van der Waals surface area (Å²) in [5.41, 5.74) is -1.63. The third kappa shape index (κ3) is 5.32. The molecule has 0 aromatic heterocycles. The molecule has 1 N–H and O–H groups in total. The van der Waals surface area contributed by atoms with Crippen LogP contribution >= 0.6 is 0 Å². The van der Waals surface area contributed by atoms with Crippen LogP contribution in [0.4, 0.5) is 0 Å². The van der Waals surface area contributed by atoms with Gasteiger partial charge >= 0.3 is 11.9 Å². The van der Waals surface area contributed by atoms with Crippen molar-refractivity contribution < 1.29 is 24.2 Å². The van der Waals surface area contributed by atoms with Gasteiger partial charge in [-0.25, -0.2) is 9.59 Å².